The van der Waals surface area contributed by atoms with E-state index >= 15 is 0 Å². The molecule has 0 fully saturated rings. The van der Waals surface area contributed by atoms with E-state index in [0.29, 0.717) is 0 Å². The number of alkyl halides is 3. The van der Waals surface area contributed by atoms with Crippen LogP contribution in [0.25, 0.3) is 0 Å². The molecule has 0 aliphatic carbocycles. The van der Waals surface area contributed by atoms with E-state index in [4.69, 9.17) is 0 Å². The van der Waals surface area contributed by atoms with Gasteiger partial charge in [-0.1, -0.05) is 48.0 Å². The zero-order valence-corrected chi connectivity index (χ0v) is 12.5. The highest BCUT2D eigenvalue weighted by molar-refractivity contribution is 5.78. The summed E-state index contributed by atoms with van der Waals surface area (Å²) in [4.78, 5) is 11.9. The molecule has 23 heavy (non-hydrogen) atoms. The quantitative estimate of drug-likeness (QED) is 0.910. The number of para-hydroxylation sites is 1. The first-order chi connectivity index (χ1) is 10.8. The highest BCUT2D eigenvalue weighted by atomic mass is 19.4. The maximum absolute atomic E-state index is 12.3. The molecule has 0 aromatic heterocycles. The summed E-state index contributed by atoms with van der Waals surface area (Å²) in [6.07, 6.45) is -4.59. The maximum Gasteiger partial charge on any atom is 0.573 e. The van der Waals surface area contributed by atoms with E-state index in [1.165, 1.54) is 18.2 Å². The Hall–Kier alpha value is -2.50. The van der Waals surface area contributed by atoms with Gasteiger partial charge in [0.2, 0.25) is 5.91 Å². The van der Waals surface area contributed by atoms with E-state index in [1.807, 2.05) is 31.2 Å². The molecule has 0 heterocycles. The average molecular weight is 323 g/mol. The summed E-state index contributed by atoms with van der Waals surface area (Å²) < 4.78 is 40.9. The molecule has 1 N–H and O–H groups in total. The maximum atomic E-state index is 12.3. The minimum absolute atomic E-state index is 0.0308. The van der Waals surface area contributed by atoms with Crippen molar-refractivity contribution in [3.63, 3.8) is 0 Å². The fourth-order valence-corrected chi connectivity index (χ4v) is 2.02. The van der Waals surface area contributed by atoms with E-state index < -0.39 is 6.36 Å². The topological polar surface area (TPSA) is 38.3 Å². The molecule has 3 nitrogen and oxygen atoms in total. The highest BCUT2D eigenvalue weighted by Crippen LogP contribution is 2.26. The summed E-state index contributed by atoms with van der Waals surface area (Å²) in [5, 5.41) is 2.60. The first-order valence-corrected chi connectivity index (χ1v) is 6.99. The minimum atomic E-state index is -4.76. The number of hydrogen-bond donors (Lipinski definition) is 1. The Morgan fingerprint density at radius 2 is 1.74 bits per heavy atom. The monoisotopic (exact) mass is 323 g/mol. The average Bonchev–Trinajstić information content (AvgIpc) is 2.47. The Balaban J connectivity index is 1.95. The van der Waals surface area contributed by atoms with Gasteiger partial charge in [0.15, 0.2) is 0 Å². The molecule has 0 spiro atoms. The second kappa shape index (κ2) is 7.17. The van der Waals surface area contributed by atoms with Crippen molar-refractivity contribution < 1.29 is 22.7 Å². The summed E-state index contributed by atoms with van der Waals surface area (Å²) in [6, 6.07) is 13.2. The van der Waals surface area contributed by atoms with Crippen molar-refractivity contribution in [3.05, 3.63) is 65.2 Å². The number of hydrogen-bond acceptors (Lipinski definition) is 2. The lowest BCUT2D eigenvalue weighted by atomic mass is 10.1. The van der Waals surface area contributed by atoms with Crippen molar-refractivity contribution in [3.8, 4) is 5.75 Å². The van der Waals surface area contributed by atoms with Gasteiger partial charge in [-0.25, -0.2) is 0 Å². The number of halogens is 3. The second-order valence-electron chi connectivity index (χ2n) is 5.09. The Morgan fingerprint density at radius 3 is 2.39 bits per heavy atom. The van der Waals surface area contributed by atoms with Crippen molar-refractivity contribution in [1.82, 2.24) is 5.32 Å². The third-order valence-electron chi connectivity index (χ3n) is 3.16. The molecule has 0 radical (unpaired) electrons. The van der Waals surface area contributed by atoms with Crippen molar-refractivity contribution >= 4 is 5.91 Å². The van der Waals surface area contributed by atoms with Crippen LogP contribution in [0.3, 0.4) is 0 Å². The van der Waals surface area contributed by atoms with Gasteiger partial charge in [0.1, 0.15) is 5.75 Å². The number of amides is 1. The number of nitrogens with one attached hydrogen (secondary N) is 1. The highest BCUT2D eigenvalue weighted by Gasteiger charge is 2.31. The summed E-state index contributed by atoms with van der Waals surface area (Å²) in [5.41, 5.74) is 2.20. The van der Waals surface area contributed by atoms with Crippen LogP contribution in [0.1, 0.15) is 16.7 Å². The van der Waals surface area contributed by atoms with Gasteiger partial charge in [0, 0.05) is 12.1 Å². The van der Waals surface area contributed by atoms with Crippen LogP contribution >= 0.6 is 0 Å². The first-order valence-electron chi connectivity index (χ1n) is 6.99. The molecule has 2 rings (SSSR count). The molecular weight excluding hydrogens is 307 g/mol. The Kier molecular flexibility index (Phi) is 5.26. The normalized spacial score (nSPS) is 11.1. The van der Waals surface area contributed by atoms with E-state index in [1.54, 1.807) is 6.07 Å². The molecule has 0 aliphatic heterocycles. The predicted molar refractivity (Wildman–Crippen MR) is 79.9 cm³/mol. The van der Waals surface area contributed by atoms with Crippen LogP contribution in [0.5, 0.6) is 5.75 Å². The molecule has 2 aromatic rings. The number of carbonyl (C=O) groups is 1. The zero-order chi connectivity index (χ0) is 16.9. The van der Waals surface area contributed by atoms with E-state index in [9.17, 15) is 18.0 Å². The molecule has 1 amide bonds. The second-order valence-corrected chi connectivity index (χ2v) is 5.09. The molecule has 2 aromatic carbocycles. The van der Waals surface area contributed by atoms with Gasteiger partial charge in [-0.2, -0.15) is 0 Å². The van der Waals surface area contributed by atoms with Gasteiger partial charge >= 0.3 is 6.36 Å². The van der Waals surface area contributed by atoms with Gasteiger partial charge in [0.05, 0.1) is 6.42 Å². The number of rotatable bonds is 5. The zero-order valence-electron chi connectivity index (χ0n) is 12.5. The minimum Gasteiger partial charge on any atom is -0.405 e. The molecule has 0 saturated carbocycles. The van der Waals surface area contributed by atoms with Crippen LogP contribution in [0, 0.1) is 6.92 Å². The largest absolute Gasteiger partial charge is 0.573 e. The number of carbonyl (C=O) groups excluding carboxylic acids is 1. The molecule has 0 aliphatic rings. The fraction of sp³-hybridized carbons (Fsp3) is 0.235. The Labute approximate surface area is 132 Å². The number of aryl methyl sites for hydroxylation is 1. The lowest BCUT2D eigenvalue weighted by Crippen LogP contribution is -2.25. The van der Waals surface area contributed by atoms with E-state index in [0.717, 1.165) is 11.1 Å². The van der Waals surface area contributed by atoms with Gasteiger partial charge < -0.3 is 10.1 Å². The molecule has 0 saturated heterocycles. The van der Waals surface area contributed by atoms with Gasteiger partial charge in [-0.15, -0.1) is 13.2 Å². The fourth-order valence-electron chi connectivity index (χ4n) is 2.02. The summed E-state index contributed by atoms with van der Waals surface area (Å²) >= 11 is 0. The van der Waals surface area contributed by atoms with Crippen molar-refractivity contribution in [2.45, 2.75) is 26.3 Å². The molecular formula is C17H16F3NO2. The number of benzene rings is 2. The van der Waals surface area contributed by atoms with Crippen molar-refractivity contribution in [1.29, 1.82) is 0 Å². The van der Waals surface area contributed by atoms with Crippen LogP contribution in [0.4, 0.5) is 13.2 Å². The molecule has 122 valence electrons. The Bertz CT molecular complexity index is 666. The molecule has 6 heteroatoms. The lowest BCUT2D eigenvalue weighted by Gasteiger charge is -2.13. The van der Waals surface area contributed by atoms with Gasteiger partial charge in [-0.05, 0) is 18.6 Å². The molecule has 0 atom stereocenters. The number of ether oxygens (including phenoxy) is 1. The summed E-state index contributed by atoms with van der Waals surface area (Å²) in [5.74, 6) is -0.577. The van der Waals surface area contributed by atoms with Gasteiger partial charge in [0.25, 0.3) is 0 Å². The van der Waals surface area contributed by atoms with Crippen LogP contribution in [0.15, 0.2) is 48.5 Å². The smallest absolute Gasteiger partial charge is 0.405 e. The van der Waals surface area contributed by atoms with Crippen LogP contribution in [-0.2, 0) is 17.8 Å². The van der Waals surface area contributed by atoms with Crippen LogP contribution < -0.4 is 10.1 Å². The van der Waals surface area contributed by atoms with Crippen molar-refractivity contribution in [2.75, 3.05) is 0 Å². The van der Waals surface area contributed by atoms with Crippen molar-refractivity contribution in [2.24, 2.45) is 0 Å². The standard InChI is InChI=1S/C17H16F3NO2/c1-12-6-8-13(9-7-12)10-16(22)21-11-14-4-2-3-5-15(14)23-17(18,19)20/h2-9H,10-11H2,1H3,(H,21,22). The van der Waals surface area contributed by atoms with E-state index in [2.05, 4.69) is 10.1 Å². The van der Waals surface area contributed by atoms with E-state index in [-0.39, 0.29) is 30.2 Å². The molecule has 0 bridgehead atoms. The summed E-state index contributed by atoms with van der Waals surface area (Å²) in [7, 11) is 0. The lowest BCUT2D eigenvalue weighted by molar-refractivity contribution is -0.274. The predicted octanol–water partition coefficient (Wildman–Crippen LogP) is 3.75. The SMILES string of the molecule is Cc1ccc(CC(=O)NCc2ccccc2OC(F)(F)F)cc1. The first kappa shape index (κ1) is 16.9. The van der Waals surface area contributed by atoms with Crippen LogP contribution in [0.2, 0.25) is 0 Å². The molecule has 0 unspecified atom stereocenters. The third-order valence-corrected chi connectivity index (χ3v) is 3.16. The third kappa shape index (κ3) is 5.65. The van der Waals surface area contributed by atoms with Gasteiger partial charge in [-0.3, -0.25) is 4.79 Å². The van der Waals surface area contributed by atoms with Crippen LogP contribution in [-0.4, -0.2) is 12.3 Å². The summed E-state index contributed by atoms with van der Waals surface area (Å²) in [6.45, 7) is 1.92. The Morgan fingerprint density at radius 1 is 1.09 bits per heavy atom.